The van der Waals surface area contributed by atoms with E-state index in [4.69, 9.17) is 0 Å². The average Bonchev–Trinajstić information content (AvgIpc) is 3.05. The molecule has 2 aliphatic rings. The number of amides is 3. The van der Waals surface area contributed by atoms with Gasteiger partial charge in [0.1, 0.15) is 24.6 Å². The first-order valence-electron chi connectivity index (χ1n) is 15.9. The second kappa shape index (κ2) is 15.8. The zero-order chi connectivity index (χ0) is 35.0. The normalized spacial score (nSPS) is 23.9. The summed E-state index contributed by atoms with van der Waals surface area (Å²) in [4.78, 5) is 86.5. The monoisotopic (exact) mass is 665 g/mol. The number of carbonyl (C=O) groups excluding carboxylic acids is 4. The van der Waals surface area contributed by atoms with E-state index in [9.17, 15) is 33.9 Å². The fourth-order valence-electron chi connectivity index (χ4n) is 6.56. The molecule has 0 saturated carbocycles. The van der Waals surface area contributed by atoms with E-state index in [1.165, 1.54) is 54.7 Å². The number of hydrogen-bond acceptors (Lipinski definition) is 10. The lowest BCUT2D eigenvalue weighted by atomic mass is 9.70. The molecule has 2 bridgehead atoms. The van der Waals surface area contributed by atoms with E-state index in [-0.39, 0.29) is 48.6 Å². The Hall–Kier alpha value is -4.92. The van der Waals surface area contributed by atoms with E-state index in [0.717, 1.165) is 12.8 Å². The number of aliphatic carboxylic acids is 1. The minimum Gasteiger partial charge on any atom is -0.481 e. The molecule has 0 aliphatic carbocycles. The van der Waals surface area contributed by atoms with Crippen LogP contribution >= 0.6 is 0 Å². The van der Waals surface area contributed by atoms with Crippen molar-refractivity contribution in [3.8, 4) is 0 Å². The van der Waals surface area contributed by atoms with Gasteiger partial charge in [-0.05, 0) is 63.5 Å². The Morgan fingerprint density at radius 1 is 1.25 bits per heavy atom. The second-order valence-electron chi connectivity index (χ2n) is 12.7. The van der Waals surface area contributed by atoms with Gasteiger partial charge in [0.25, 0.3) is 11.5 Å². The van der Waals surface area contributed by atoms with E-state index < -0.39 is 46.7 Å². The number of nitrogens with zero attached hydrogens (tertiary/aromatic N) is 4. The van der Waals surface area contributed by atoms with Gasteiger partial charge in [-0.2, -0.15) is 0 Å². The van der Waals surface area contributed by atoms with Crippen molar-refractivity contribution in [2.75, 3.05) is 25.5 Å². The third-order valence-corrected chi connectivity index (χ3v) is 9.06. The summed E-state index contributed by atoms with van der Waals surface area (Å²) in [5.74, 6) is -2.77. The minimum absolute atomic E-state index is 0.0828. The molecule has 258 valence electrons. The molecular formula is C33H43N7O8. The number of hydrogen-bond donors (Lipinski definition) is 4. The molecule has 15 nitrogen and oxygen atoms in total. The second-order valence-corrected chi connectivity index (χ2v) is 12.7. The summed E-state index contributed by atoms with van der Waals surface area (Å²) in [6.07, 6.45) is 8.90. The maximum Gasteiger partial charge on any atom is 0.330 e. The predicted octanol–water partition coefficient (Wildman–Crippen LogP) is 1.48. The molecule has 2 fully saturated rings. The highest BCUT2D eigenvalue weighted by Gasteiger charge is 2.48. The number of carboxylic acid groups (broad SMARTS) is 1. The van der Waals surface area contributed by atoms with Crippen molar-refractivity contribution in [2.45, 2.75) is 71.6 Å². The maximum absolute atomic E-state index is 13.4. The van der Waals surface area contributed by atoms with Crippen LogP contribution in [0.5, 0.6) is 0 Å². The zero-order valence-corrected chi connectivity index (χ0v) is 27.6. The number of esters is 1. The summed E-state index contributed by atoms with van der Waals surface area (Å²) in [5, 5.41) is 18.1. The quantitative estimate of drug-likeness (QED) is 0.178. The summed E-state index contributed by atoms with van der Waals surface area (Å²) >= 11 is 0. The van der Waals surface area contributed by atoms with Crippen LogP contribution in [0.15, 0.2) is 47.8 Å². The van der Waals surface area contributed by atoms with Gasteiger partial charge in [0.05, 0.1) is 29.9 Å². The third-order valence-electron chi connectivity index (χ3n) is 9.06. The number of carbonyl (C=O) groups is 5. The van der Waals surface area contributed by atoms with Crippen LogP contribution in [0.25, 0.3) is 0 Å². The van der Waals surface area contributed by atoms with Gasteiger partial charge in [0, 0.05) is 31.6 Å². The molecule has 15 heteroatoms. The number of anilines is 1. The Morgan fingerprint density at radius 2 is 2.02 bits per heavy atom. The van der Waals surface area contributed by atoms with Crippen LogP contribution in [0.3, 0.4) is 0 Å². The van der Waals surface area contributed by atoms with E-state index in [2.05, 4.69) is 30.7 Å². The van der Waals surface area contributed by atoms with Crippen molar-refractivity contribution in [3.05, 3.63) is 64.6 Å². The Kier molecular flexibility index (Phi) is 11.8. The van der Waals surface area contributed by atoms with Crippen molar-refractivity contribution in [1.82, 2.24) is 30.1 Å². The topological polar surface area (TPSA) is 202 Å². The Bertz CT molecular complexity index is 1620. The standard InChI is InChI=1S/C33H43N7O8/c1-5-22-13-21-14-33(3,32(46)47)18-40(16-21)28(22)38-26(41)17-39-12-8-10-25(31(39)45)37-30(44)24(9-6-7-11-27(42)48-4)36-29(43)23-15-34-19-35-20(23)2/h7-8,10-12,15,19,21-22,24,28H,5-6,9,13-14,16-18H2,1-4H3,(H,36,43)(H,37,44)(H,38,41)(H,46,47)/b11-7+/t21?,22?,24-,28?,33?/m0/s1. The first-order valence-corrected chi connectivity index (χ1v) is 15.9. The Balaban J connectivity index is 1.46. The number of allylic oxidation sites excluding steroid dienone is 1. The van der Waals surface area contributed by atoms with Gasteiger partial charge < -0.3 is 30.4 Å². The lowest BCUT2D eigenvalue weighted by Crippen LogP contribution is -2.64. The predicted molar refractivity (Wildman–Crippen MR) is 173 cm³/mol. The molecule has 2 aromatic rings. The van der Waals surface area contributed by atoms with Crippen molar-refractivity contribution < 1.29 is 33.8 Å². The largest absolute Gasteiger partial charge is 0.481 e. The molecular weight excluding hydrogens is 622 g/mol. The van der Waals surface area contributed by atoms with Gasteiger partial charge in [-0.25, -0.2) is 14.8 Å². The van der Waals surface area contributed by atoms with Gasteiger partial charge in [-0.1, -0.05) is 19.4 Å². The fourth-order valence-corrected chi connectivity index (χ4v) is 6.56. The van der Waals surface area contributed by atoms with Crippen molar-refractivity contribution in [1.29, 1.82) is 0 Å². The van der Waals surface area contributed by atoms with Gasteiger partial charge in [-0.15, -0.1) is 0 Å². The summed E-state index contributed by atoms with van der Waals surface area (Å²) in [6.45, 7) is 6.09. The minimum atomic E-state index is -1.11. The van der Waals surface area contributed by atoms with Gasteiger partial charge in [-0.3, -0.25) is 28.9 Å². The van der Waals surface area contributed by atoms with E-state index >= 15 is 0 Å². The van der Waals surface area contributed by atoms with Crippen LogP contribution in [0, 0.1) is 24.2 Å². The number of fused-ring (bicyclic) bond motifs is 2. The number of piperidine rings is 2. The lowest BCUT2D eigenvalue weighted by Gasteiger charge is -2.52. The average molecular weight is 666 g/mol. The summed E-state index contributed by atoms with van der Waals surface area (Å²) < 4.78 is 5.75. The summed E-state index contributed by atoms with van der Waals surface area (Å²) in [7, 11) is 1.24. The van der Waals surface area contributed by atoms with E-state index in [0.29, 0.717) is 25.2 Å². The van der Waals surface area contributed by atoms with Crippen molar-refractivity contribution in [2.24, 2.45) is 17.3 Å². The number of ether oxygens (including phenoxy) is 1. The van der Waals surface area contributed by atoms with E-state index in [1.807, 2.05) is 11.8 Å². The molecule has 5 unspecified atom stereocenters. The number of nitrogens with one attached hydrogen (secondary N) is 3. The molecule has 4 rings (SSSR count). The molecule has 0 aromatic carbocycles. The first-order chi connectivity index (χ1) is 22.8. The zero-order valence-electron chi connectivity index (χ0n) is 27.6. The van der Waals surface area contributed by atoms with Gasteiger partial charge >= 0.3 is 11.9 Å². The highest BCUT2D eigenvalue weighted by Crippen LogP contribution is 2.42. The fraction of sp³-hybridized carbons (Fsp3) is 0.515. The molecule has 2 aliphatic heterocycles. The third kappa shape index (κ3) is 8.70. The first kappa shape index (κ1) is 35.9. The molecule has 4 heterocycles. The molecule has 4 N–H and O–H groups in total. The summed E-state index contributed by atoms with van der Waals surface area (Å²) in [5.41, 5.74) is -1.05. The molecule has 6 atom stereocenters. The lowest BCUT2D eigenvalue weighted by molar-refractivity contribution is -0.157. The number of methoxy groups -OCH3 is 1. The number of carboxylic acids is 1. The number of pyridine rings is 1. The van der Waals surface area contributed by atoms with E-state index in [1.54, 1.807) is 13.8 Å². The molecule has 3 amide bonds. The molecule has 0 spiro atoms. The number of aryl methyl sites for hydroxylation is 1. The number of aromatic nitrogens is 3. The Labute approximate surface area is 278 Å². The smallest absolute Gasteiger partial charge is 0.330 e. The van der Waals surface area contributed by atoms with Crippen LogP contribution in [0.1, 0.15) is 62.0 Å². The van der Waals surface area contributed by atoms with Crippen molar-refractivity contribution in [3.63, 3.8) is 0 Å². The van der Waals surface area contributed by atoms with Crippen molar-refractivity contribution >= 4 is 35.3 Å². The highest BCUT2D eigenvalue weighted by molar-refractivity contribution is 6.01. The molecule has 48 heavy (non-hydrogen) atoms. The molecule has 2 saturated heterocycles. The van der Waals surface area contributed by atoms with Crippen LogP contribution in [-0.2, 0) is 30.5 Å². The van der Waals surface area contributed by atoms with Gasteiger partial charge in [0.2, 0.25) is 11.8 Å². The molecule has 2 aromatic heterocycles. The SMILES string of the molecule is CCC1CC2CN(CC(C)(C(=O)O)C2)C1NC(=O)Cn1cccc(NC(=O)[C@H](CC/C=C/C(=O)OC)NC(=O)c2cncnc2C)c1=O. The van der Waals surface area contributed by atoms with Crippen LogP contribution < -0.4 is 21.5 Å². The number of rotatable bonds is 13. The maximum atomic E-state index is 13.4. The Morgan fingerprint density at radius 3 is 2.71 bits per heavy atom. The van der Waals surface area contributed by atoms with Crippen LogP contribution in [0.2, 0.25) is 0 Å². The highest BCUT2D eigenvalue weighted by atomic mass is 16.5. The molecule has 0 radical (unpaired) electrons. The summed E-state index contributed by atoms with van der Waals surface area (Å²) in [6, 6.07) is 1.80. The van der Waals surface area contributed by atoms with Gasteiger partial charge in [0.15, 0.2) is 0 Å². The van der Waals surface area contributed by atoms with Crippen LogP contribution in [0.4, 0.5) is 5.69 Å². The van der Waals surface area contributed by atoms with Crippen LogP contribution in [-0.4, -0.2) is 86.6 Å².